The van der Waals surface area contributed by atoms with Gasteiger partial charge < -0.3 is 9.47 Å². The fraction of sp³-hybridized carbons (Fsp3) is 0.0556. The number of rotatable bonds is 5. The summed E-state index contributed by atoms with van der Waals surface area (Å²) in [5.74, 6) is 0. The Morgan fingerprint density at radius 3 is 1.93 bits per heavy atom. The van der Waals surface area contributed by atoms with Crippen molar-refractivity contribution in [1.29, 1.82) is 0 Å². The van der Waals surface area contributed by atoms with Gasteiger partial charge in [-0.25, -0.2) is 0 Å². The summed E-state index contributed by atoms with van der Waals surface area (Å²) < 4.78 is 2.43. The lowest BCUT2D eigenvalue weighted by Gasteiger charge is -2.28. The largest absolute Gasteiger partial charge is 0.310 e. The Labute approximate surface area is 331 Å². The van der Waals surface area contributed by atoms with Gasteiger partial charge in [0.05, 0.1) is 16.7 Å². The van der Waals surface area contributed by atoms with Gasteiger partial charge in [-0.15, -0.1) is 0 Å². The van der Waals surface area contributed by atoms with E-state index in [1.54, 1.807) is 0 Å². The third-order valence-corrected chi connectivity index (χ3v) is 12.6. The van der Waals surface area contributed by atoms with Crippen LogP contribution in [0.5, 0.6) is 0 Å². The summed E-state index contributed by atoms with van der Waals surface area (Å²) in [6, 6.07) is 66.8. The molecule has 268 valence electrons. The lowest BCUT2D eigenvalue weighted by Crippen LogP contribution is -2.16. The van der Waals surface area contributed by atoms with Crippen molar-refractivity contribution in [2.24, 2.45) is 0 Å². The van der Waals surface area contributed by atoms with Gasteiger partial charge in [0.1, 0.15) is 0 Å². The second-order valence-corrected chi connectivity index (χ2v) is 16.0. The highest BCUT2D eigenvalue weighted by atomic mass is 15.1. The van der Waals surface area contributed by atoms with E-state index in [4.69, 9.17) is 4.98 Å². The van der Waals surface area contributed by atoms with Gasteiger partial charge in [-0.05, 0) is 116 Å². The first-order valence-corrected chi connectivity index (χ1v) is 19.8. The molecule has 0 spiro atoms. The first-order chi connectivity index (χ1) is 28.0. The Morgan fingerprint density at radius 2 is 1.09 bits per heavy atom. The standard InChI is InChI=1S/C54H37N3/c1-54(2)46-18-7-6-14-41(46)42-30-29-40(33-47(42)54)56(37-12-4-3-5-13-37)38-25-20-34(21-26-38)35-22-27-39(28-23-35)57-48-19-9-16-45-51(48)52-49(57)31-24-36-11-8-15-43(50(36)52)44-17-10-32-55-53(44)45/h3-33H,1-2H3. The molecule has 10 aromatic rings. The average Bonchev–Trinajstić information content (AvgIpc) is 3.68. The minimum Gasteiger partial charge on any atom is -0.310 e. The van der Waals surface area contributed by atoms with Gasteiger partial charge >= 0.3 is 0 Å². The molecule has 0 unspecified atom stereocenters. The Balaban J connectivity index is 0.937. The first-order valence-electron chi connectivity index (χ1n) is 19.8. The predicted molar refractivity (Wildman–Crippen MR) is 238 cm³/mol. The van der Waals surface area contributed by atoms with Crippen molar-refractivity contribution in [1.82, 2.24) is 9.55 Å². The summed E-state index contributed by atoms with van der Waals surface area (Å²) >= 11 is 0. The van der Waals surface area contributed by atoms with Crippen molar-refractivity contribution in [3.05, 3.63) is 199 Å². The molecular formula is C54H37N3. The zero-order chi connectivity index (χ0) is 37.8. The quantitative estimate of drug-likeness (QED) is 0.176. The number of pyridine rings is 1. The molecule has 57 heavy (non-hydrogen) atoms. The molecule has 2 aromatic heterocycles. The van der Waals surface area contributed by atoms with Crippen LogP contribution in [0.2, 0.25) is 0 Å². The van der Waals surface area contributed by atoms with Crippen LogP contribution in [0.25, 0.3) is 82.9 Å². The first kappa shape index (κ1) is 32.1. The summed E-state index contributed by atoms with van der Waals surface area (Å²) in [5.41, 5.74) is 19.3. The van der Waals surface area contributed by atoms with Gasteiger partial charge in [-0.1, -0.05) is 129 Å². The summed E-state index contributed by atoms with van der Waals surface area (Å²) in [6.07, 6.45) is 1.92. The fourth-order valence-electron chi connectivity index (χ4n) is 9.93. The van der Waals surface area contributed by atoms with E-state index < -0.39 is 0 Å². The highest BCUT2D eigenvalue weighted by Crippen LogP contribution is 2.51. The molecule has 2 aliphatic rings. The normalized spacial score (nSPS) is 13.2. The van der Waals surface area contributed by atoms with Crippen LogP contribution in [0.4, 0.5) is 17.1 Å². The van der Waals surface area contributed by atoms with Crippen molar-refractivity contribution in [2.45, 2.75) is 19.3 Å². The topological polar surface area (TPSA) is 21.1 Å². The maximum Gasteiger partial charge on any atom is 0.0787 e. The van der Waals surface area contributed by atoms with E-state index in [1.165, 1.54) is 82.6 Å². The molecule has 0 N–H and O–H groups in total. The zero-order valence-electron chi connectivity index (χ0n) is 31.7. The summed E-state index contributed by atoms with van der Waals surface area (Å²) in [7, 11) is 0. The van der Waals surface area contributed by atoms with E-state index in [0.29, 0.717) is 0 Å². The van der Waals surface area contributed by atoms with Crippen molar-refractivity contribution < 1.29 is 0 Å². The van der Waals surface area contributed by atoms with E-state index in [0.717, 1.165) is 28.4 Å². The molecule has 2 heterocycles. The summed E-state index contributed by atoms with van der Waals surface area (Å²) in [5, 5.41) is 5.11. The van der Waals surface area contributed by atoms with Crippen LogP contribution in [-0.2, 0) is 5.41 Å². The maximum absolute atomic E-state index is 4.95. The van der Waals surface area contributed by atoms with Crippen LogP contribution in [0.1, 0.15) is 25.0 Å². The Morgan fingerprint density at radius 1 is 0.439 bits per heavy atom. The Kier molecular flexibility index (Phi) is 6.68. The second kappa shape index (κ2) is 11.9. The zero-order valence-corrected chi connectivity index (χ0v) is 31.7. The summed E-state index contributed by atoms with van der Waals surface area (Å²) in [6.45, 7) is 4.69. The molecule has 0 atom stereocenters. The molecule has 8 aromatic carbocycles. The van der Waals surface area contributed by atoms with E-state index in [2.05, 4.69) is 205 Å². The highest BCUT2D eigenvalue weighted by molar-refractivity contribution is 6.30. The van der Waals surface area contributed by atoms with E-state index in [-0.39, 0.29) is 5.41 Å². The van der Waals surface area contributed by atoms with Crippen molar-refractivity contribution >= 4 is 49.6 Å². The van der Waals surface area contributed by atoms with Gasteiger partial charge in [0.15, 0.2) is 0 Å². The molecule has 0 bridgehead atoms. The van der Waals surface area contributed by atoms with E-state index >= 15 is 0 Å². The highest BCUT2D eigenvalue weighted by Gasteiger charge is 2.35. The van der Waals surface area contributed by atoms with Crippen LogP contribution in [-0.4, -0.2) is 9.55 Å². The van der Waals surface area contributed by atoms with Crippen LogP contribution in [0, 0.1) is 0 Å². The molecule has 0 radical (unpaired) electrons. The molecule has 0 saturated heterocycles. The lowest BCUT2D eigenvalue weighted by atomic mass is 9.82. The average molecular weight is 728 g/mol. The minimum atomic E-state index is -0.0727. The number of para-hydroxylation sites is 1. The number of aromatic nitrogens is 2. The molecule has 0 saturated carbocycles. The van der Waals surface area contributed by atoms with Gasteiger partial charge in [0, 0.05) is 56.3 Å². The SMILES string of the molecule is CC1(C)c2ccccc2-c2ccc(N(c3ccccc3)c3ccc(-c4ccc(-n5c6cccc7c6c6c8c(cccc8ccc65)-c5cccnc5-7)cc4)cc3)cc21. The third kappa shape index (κ3) is 4.57. The van der Waals surface area contributed by atoms with Crippen LogP contribution in [0.15, 0.2) is 188 Å². The molecule has 3 nitrogen and oxygen atoms in total. The van der Waals surface area contributed by atoms with E-state index in [9.17, 15) is 0 Å². The Hall–Kier alpha value is -7.23. The minimum absolute atomic E-state index is 0.0727. The van der Waals surface area contributed by atoms with Crippen molar-refractivity contribution in [2.75, 3.05) is 4.90 Å². The molecule has 3 heteroatoms. The molecular weight excluding hydrogens is 691 g/mol. The molecule has 12 rings (SSSR count). The van der Waals surface area contributed by atoms with Crippen molar-refractivity contribution in [3.8, 4) is 50.3 Å². The smallest absolute Gasteiger partial charge is 0.0787 e. The lowest BCUT2D eigenvalue weighted by molar-refractivity contribution is 0.660. The number of nitrogens with zero attached hydrogens (tertiary/aromatic N) is 3. The molecule has 2 aliphatic carbocycles. The maximum atomic E-state index is 4.95. The van der Waals surface area contributed by atoms with Crippen LogP contribution >= 0.6 is 0 Å². The molecule has 0 aliphatic heterocycles. The van der Waals surface area contributed by atoms with Gasteiger partial charge in [0.25, 0.3) is 0 Å². The predicted octanol–water partition coefficient (Wildman–Crippen LogP) is 14.4. The Bertz CT molecular complexity index is 3240. The van der Waals surface area contributed by atoms with Crippen molar-refractivity contribution in [3.63, 3.8) is 0 Å². The molecule has 0 amide bonds. The fourth-order valence-corrected chi connectivity index (χ4v) is 9.93. The summed E-state index contributed by atoms with van der Waals surface area (Å²) in [4.78, 5) is 7.33. The van der Waals surface area contributed by atoms with Gasteiger partial charge in [-0.2, -0.15) is 0 Å². The number of benzene rings is 8. The van der Waals surface area contributed by atoms with Crippen LogP contribution < -0.4 is 4.90 Å². The van der Waals surface area contributed by atoms with Gasteiger partial charge in [-0.3, -0.25) is 4.98 Å². The second-order valence-electron chi connectivity index (χ2n) is 16.0. The monoisotopic (exact) mass is 727 g/mol. The third-order valence-electron chi connectivity index (χ3n) is 12.6. The van der Waals surface area contributed by atoms with E-state index in [1.807, 2.05) is 6.20 Å². The number of fused-ring (bicyclic) bond motifs is 6. The number of anilines is 3. The van der Waals surface area contributed by atoms with Gasteiger partial charge in [0.2, 0.25) is 0 Å². The molecule has 0 fully saturated rings. The number of hydrogen-bond donors (Lipinski definition) is 0. The van der Waals surface area contributed by atoms with Crippen LogP contribution in [0.3, 0.4) is 0 Å². The number of hydrogen-bond acceptors (Lipinski definition) is 2.